The SMILES string of the molecule is CC(C)(C)OC(=O)N1CCC(n2cc(C(N)=O)c(Nc3ccccc3)n2)[C@@H](C#N)C1. The largest absolute Gasteiger partial charge is 0.444 e. The van der Waals surface area contributed by atoms with Crippen LogP contribution in [0.25, 0.3) is 0 Å². The second-order valence-electron chi connectivity index (χ2n) is 8.24. The van der Waals surface area contributed by atoms with Crippen molar-refractivity contribution in [2.75, 3.05) is 18.4 Å². The van der Waals surface area contributed by atoms with Crippen LogP contribution in [0.2, 0.25) is 0 Å². The number of para-hydroxylation sites is 1. The van der Waals surface area contributed by atoms with Crippen LogP contribution in [0.4, 0.5) is 16.3 Å². The average Bonchev–Trinajstić information content (AvgIpc) is 3.10. The molecule has 1 aromatic carbocycles. The number of amides is 2. The lowest BCUT2D eigenvalue weighted by Gasteiger charge is -2.36. The van der Waals surface area contributed by atoms with Gasteiger partial charge in [0.2, 0.25) is 0 Å². The Morgan fingerprint density at radius 3 is 2.60 bits per heavy atom. The summed E-state index contributed by atoms with van der Waals surface area (Å²) in [5.41, 5.74) is 5.93. The van der Waals surface area contributed by atoms with Crippen molar-refractivity contribution in [1.82, 2.24) is 14.7 Å². The maximum Gasteiger partial charge on any atom is 0.410 e. The molecule has 1 aliphatic rings. The molecule has 1 saturated heterocycles. The number of nitrogens with two attached hydrogens (primary N) is 1. The molecule has 0 radical (unpaired) electrons. The highest BCUT2D eigenvalue weighted by Gasteiger charge is 2.35. The number of hydrogen-bond acceptors (Lipinski definition) is 6. The summed E-state index contributed by atoms with van der Waals surface area (Å²) in [5, 5.41) is 17.3. The Bertz CT molecular complexity index is 957. The van der Waals surface area contributed by atoms with E-state index < -0.39 is 23.5 Å². The number of anilines is 2. The van der Waals surface area contributed by atoms with Gasteiger partial charge in [-0.15, -0.1) is 0 Å². The number of nitrogens with zero attached hydrogens (tertiary/aromatic N) is 4. The fourth-order valence-electron chi connectivity index (χ4n) is 3.37. The first-order valence-corrected chi connectivity index (χ1v) is 9.76. The van der Waals surface area contributed by atoms with Crippen molar-refractivity contribution < 1.29 is 14.3 Å². The van der Waals surface area contributed by atoms with Gasteiger partial charge < -0.3 is 20.7 Å². The molecule has 158 valence electrons. The minimum absolute atomic E-state index is 0.225. The molecule has 9 heteroatoms. The van der Waals surface area contributed by atoms with Gasteiger partial charge in [0.15, 0.2) is 5.82 Å². The lowest BCUT2D eigenvalue weighted by atomic mass is 9.94. The van der Waals surface area contributed by atoms with E-state index in [-0.39, 0.29) is 18.2 Å². The molecule has 0 aliphatic carbocycles. The van der Waals surface area contributed by atoms with Crippen LogP contribution in [-0.4, -0.2) is 45.4 Å². The maximum atomic E-state index is 12.4. The van der Waals surface area contributed by atoms with Crippen LogP contribution in [-0.2, 0) is 4.74 Å². The van der Waals surface area contributed by atoms with Crippen LogP contribution >= 0.6 is 0 Å². The number of primary amides is 1. The number of ether oxygens (including phenoxy) is 1. The molecule has 1 fully saturated rings. The Morgan fingerprint density at radius 2 is 2.00 bits per heavy atom. The van der Waals surface area contributed by atoms with Gasteiger partial charge in [0.1, 0.15) is 11.2 Å². The van der Waals surface area contributed by atoms with E-state index in [1.165, 1.54) is 4.90 Å². The van der Waals surface area contributed by atoms with Crippen LogP contribution in [0.5, 0.6) is 0 Å². The highest BCUT2D eigenvalue weighted by molar-refractivity contribution is 5.98. The van der Waals surface area contributed by atoms with Crippen LogP contribution in [0.3, 0.4) is 0 Å². The number of nitriles is 1. The maximum absolute atomic E-state index is 12.4. The number of piperidine rings is 1. The molecule has 9 nitrogen and oxygen atoms in total. The Kier molecular flexibility index (Phi) is 5.96. The topological polar surface area (TPSA) is 126 Å². The van der Waals surface area contributed by atoms with Crippen molar-refractivity contribution in [3.63, 3.8) is 0 Å². The van der Waals surface area contributed by atoms with Gasteiger partial charge in [-0.1, -0.05) is 18.2 Å². The average molecular weight is 410 g/mol. The van der Waals surface area contributed by atoms with Gasteiger partial charge in [-0.3, -0.25) is 9.48 Å². The number of rotatable bonds is 4. The molecular formula is C21H26N6O3. The van der Waals surface area contributed by atoms with E-state index in [1.54, 1.807) is 31.6 Å². The fraction of sp³-hybridized carbons (Fsp3) is 0.429. The molecule has 2 heterocycles. The normalized spacial score (nSPS) is 19.1. The predicted octanol–water partition coefficient (Wildman–Crippen LogP) is 3.05. The molecule has 0 bridgehead atoms. The number of nitrogens with one attached hydrogen (secondary N) is 1. The van der Waals surface area contributed by atoms with Crippen molar-refractivity contribution in [3.05, 3.63) is 42.1 Å². The number of benzene rings is 1. The second kappa shape index (κ2) is 8.45. The highest BCUT2D eigenvalue weighted by Crippen LogP contribution is 2.31. The summed E-state index contributed by atoms with van der Waals surface area (Å²) in [6, 6.07) is 11.3. The van der Waals surface area contributed by atoms with Crippen LogP contribution in [0.1, 0.15) is 43.6 Å². The number of carbonyl (C=O) groups excluding carboxylic acids is 2. The molecule has 3 rings (SSSR count). The third-order valence-electron chi connectivity index (χ3n) is 4.77. The van der Waals surface area contributed by atoms with Gasteiger partial charge in [0, 0.05) is 25.0 Å². The molecule has 0 saturated carbocycles. The van der Waals surface area contributed by atoms with Gasteiger partial charge >= 0.3 is 6.09 Å². The van der Waals surface area contributed by atoms with Gasteiger partial charge in [-0.25, -0.2) is 4.79 Å². The standard InChI is InChI=1S/C21H26N6O3/c1-21(2,3)30-20(29)26-10-9-17(14(11-22)12-26)27-13-16(18(23)28)19(25-27)24-15-7-5-4-6-8-15/h4-8,13-14,17H,9-10,12H2,1-3H3,(H2,23,28)(H,24,25)/t14-,17?/m0/s1. The van der Waals surface area contributed by atoms with Crippen LogP contribution in [0, 0.1) is 17.2 Å². The summed E-state index contributed by atoms with van der Waals surface area (Å²) < 4.78 is 7.02. The van der Waals surface area contributed by atoms with E-state index >= 15 is 0 Å². The summed E-state index contributed by atoms with van der Waals surface area (Å²) in [6.07, 6.45) is 1.62. The van der Waals surface area contributed by atoms with Gasteiger partial charge in [-0.2, -0.15) is 10.4 Å². The summed E-state index contributed by atoms with van der Waals surface area (Å²) in [5.74, 6) is -0.782. The zero-order valence-corrected chi connectivity index (χ0v) is 17.3. The molecule has 3 N–H and O–H groups in total. The molecule has 2 atom stereocenters. The number of hydrogen-bond donors (Lipinski definition) is 2. The first-order chi connectivity index (χ1) is 14.2. The van der Waals surface area contributed by atoms with Gasteiger partial charge in [-0.05, 0) is 39.3 Å². The van der Waals surface area contributed by atoms with E-state index in [4.69, 9.17) is 10.5 Å². The summed E-state index contributed by atoms with van der Waals surface area (Å²) >= 11 is 0. The smallest absolute Gasteiger partial charge is 0.410 e. The molecule has 0 spiro atoms. The Morgan fingerprint density at radius 1 is 1.30 bits per heavy atom. The van der Waals surface area contributed by atoms with Crippen molar-refractivity contribution in [2.24, 2.45) is 11.7 Å². The molecule has 2 aromatic rings. The molecule has 1 aromatic heterocycles. The lowest BCUT2D eigenvalue weighted by molar-refractivity contribution is 0.0143. The monoisotopic (exact) mass is 410 g/mol. The molecule has 1 aliphatic heterocycles. The van der Waals surface area contributed by atoms with Gasteiger partial charge in [0.05, 0.1) is 18.0 Å². The summed E-state index contributed by atoms with van der Waals surface area (Å²) in [7, 11) is 0. The zero-order valence-electron chi connectivity index (χ0n) is 17.3. The Labute approximate surface area is 175 Å². The van der Waals surface area contributed by atoms with Crippen molar-refractivity contribution in [1.29, 1.82) is 5.26 Å². The van der Waals surface area contributed by atoms with Crippen molar-refractivity contribution in [2.45, 2.75) is 38.8 Å². The third-order valence-corrected chi connectivity index (χ3v) is 4.77. The lowest BCUT2D eigenvalue weighted by Crippen LogP contribution is -2.46. The highest BCUT2D eigenvalue weighted by atomic mass is 16.6. The first kappa shape index (κ1) is 21.2. The van der Waals surface area contributed by atoms with Gasteiger partial charge in [0.25, 0.3) is 5.91 Å². The van der Waals surface area contributed by atoms with Crippen LogP contribution in [0.15, 0.2) is 36.5 Å². The number of carbonyl (C=O) groups is 2. The Balaban J connectivity index is 1.80. The predicted molar refractivity (Wildman–Crippen MR) is 111 cm³/mol. The third kappa shape index (κ3) is 4.89. The van der Waals surface area contributed by atoms with Crippen molar-refractivity contribution in [3.8, 4) is 6.07 Å². The number of aromatic nitrogens is 2. The first-order valence-electron chi connectivity index (χ1n) is 9.76. The van der Waals surface area contributed by atoms with E-state index in [9.17, 15) is 14.9 Å². The minimum atomic E-state index is -0.612. The minimum Gasteiger partial charge on any atom is -0.444 e. The number of likely N-dealkylation sites (tertiary alicyclic amines) is 1. The van der Waals surface area contributed by atoms with E-state index in [0.717, 1.165) is 5.69 Å². The second-order valence-corrected chi connectivity index (χ2v) is 8.24. The summed E-state index contributed by atoms with van der Waals surface area (Å²) in [6.45, 7) is 6.05. The van der Waals surface area contributed by atoms with Crippen molar-refractivity contribution >= 4 is 23.5 Å². The molecule has 2 amide bonds. The Hall–Kier alpha value is -3.54. The quantitative estimate of drug-likeness (QED) is 0.798. The zero-order chi connectivity index (χ0) is 21.9. The molecule has 1 unspecified atom stereocenters. The van der Waals surface area contributed by atoms with Crippen LogP contribution < -0.4 is 11.1 Å². The molecular weight excluding hydrogens is 384 g/mol. The van der Waals surface area contributed by atoms with E-state index in [2.05, 4.69) is 16.5 Å². The van der Waals surface area contributed by atoms with E-state index in [0.29, 0.717) is 18.8 Å². The summed E-state index contributed by atoms with van der Waals surface area (Å²) in [4.78, 5) is 25.8. The molecule has 30 heavy (non-hydrogen) atoms. The fourth-order valence-corrected chi connectivity index (χ4v) is 3.37. The van der Waals surface area contributed by atoms with E-state index in [1.807, 2.05) is 30.3 Å².